The molecule has 0 aliphatic heterocycles. The number of halogens is 6. The van der Waals surface area contributed by atoms with Crippen molar-refractivity contribution in [3.63, 3.8) is 0 Å². The molecule has 0 saturated carbocycles. The van der Waals surface area contributed by atoms with E-state index in [0.717, 1.165) is 31.4 Å². The lowest BCUT2D eigenvalue weighted by molar-refractivity contribution is -0.177. The van der Waals surface area contributed by atoms with E-state index in [4.69, 9.17) is 9.47 Å². The van der Waals surface area contributed by atoms with Crippen molar-refractivity contribution < 1.29 is 40.6 Å². The van der Waals surface area contributed by atoms with Gasteiger partial charge in [0.1, 0.15) is 5.60 Å². The fourth-order valence-corrected chi connectivity index (χ4v) is 2.90. The van der Waals surface area contributed by atoms with Crippen molar-refractivity contribution in [2.45, 2.75) is 44.3 Å². The molecule has 0 N–H and O–H groups in total. The number of rotatable bonds is 4. The first-order valence-electron chi connectivity index (χ1n) is 8.75. The van der Waals surface area contributed by atoms with Crippen LogP contribution in [-0.2, 0) is 32.2 Å². The van der Waals surface area contributed by atoms with Crippen LogP contribution in [0.1, 0.15) is 43.0 Å². The molecule has 0 aromatic heterocycles. The quantitative estimate of drug-likeness (QED) is 0.440. The maximum absolute atomic E-state index is 13.2. The van der Waals surface area contributed by atoms with Crippen LogP contribution in [-0.4, -0.2) is 18.7 Å². The smallest absolute Gasteiger partial charge is 0.416 e. The van der Waals surface area contributed by atoms with Crippen molar-refractivity contribution in [2.24, 2.45) is 0 Å². The number of benzene rings is 2. The topological polar surface area (TPSA) is 35.5 Å². The molecular formula is C21H20F6O3. The lowest BCUT2D eigenvalue weighted by Gasteiger charge is -2.34. The molecule has 0 atom stereocenters. The number of hydrogen-bond acceptors (Lipinski definition) is 3. The highest BCUT2D eigenvalue weighted by molar-refractivity contribution is 5.86. The van der Waals surface area contributed by atoms with Gasteiger partial charge in [0, 0.05) is 18.2 Å². The molecule has 0 aliphatic carbocycles. The number of carbonyl (C=O) groups is 1. The summed E-state index contributed by atoms with van der Waals surface area (Å²) in [5, 5.41) is 0. The third-order valence-corrected chi connectivity index (χ3v) is 4.19. The maximum Gasteiger partial charge on any atom is 0.416 e. The van der Waals surface area contributed by atoms with E-state index in [1.807, 2.05) is 0 Å². The molecular weight excluding hydrogens is 414 g/mol. The SMILES string of the molecule is COC(C(=O)OC(C)(C)C)(c1cccc(C(F)(F)F)c1)c1cccc(C(F)(F)F)c1. The lowest BCUT2D eigenvalue weighted by Crippen LogP contribution is -2.44. The Morgan fingerprint density at radius 3 is 1.40 bits per heavy atom. The minimum absolute atomic E-state index is 0.312. The molecule has 0 spiro atoms. The van der Waals surface area contributed by atoms with E-state index < -0.39 is 40.7 Å². The summed E-state index contributed by atoms with van der Waals surface area (Å²) in [6.45, 7) is 4.55. The van der Waals surface area contributed by atoms with Gasteiger partial charge in [-0.2, -0.15) is 26.3 Å². The predicted octanol–water partition coefficient (Wildman–Crippen LogP) is 5.96. The molecule has 0 unspecified atom stereocenters. The van der Waals surface area contributed by atoms with Gasteiger partial charge in [0.15, 0.2) is 0 Å². The largest absolute Gasteiger partial charge is 0.457 e. The van der Waals surface area contributed by atoms with E-state index >= 15 is 0 Å². The van der Waals surface area contributed by atoms with Crippen LogP contribution in [0.25, 0.3) is 0 Å². The van der Waals surface area contributed by atoms with Gasteiger partial charge in [-0.1, -0.05) is 24.3 Å². The summed E-state index contributed by atoms with van der Waals surface area (Å²) in [5.74, 6) is -1.14. The van der Waals surface area contributed by atoms with Crippen molar-refractivity contribution in [2.75, 3.05) is 7.11 Å². The van der Waals surface area contributed by atoms with Crippen LogP contribution in [0.3, 0.4) is 0 Å². The van der Waals surface area contributed by atoms with Crippen molar-refractivity contribution in [3.8, 4) is 0 Å². The van der Waals surface area contributed by atoms with E-state index in [-0.39, 0.29) is 11.1 Å². The zero-order valence-corrected chi connectivity index (χ0v) is 16.6. The first kappa shape index (κ1) is 23.7. The summed E-state index contributed by atoms with van der Waals surface area (Å²) in [5.41, 5.74) is -6.23. The van der Waals surface area contributed by atoms with Crippen molar-refractivity contribution >= 4 is 5.97 Å². The highest BCUT2D eigenvalue weighted by Gasteiger charge is 2.47. The van der Waals surface area contributed by atoms with Gasteiger partial charge in [0.25, 0.3) is 0 Å². The van der Waals surface area contributed by atoms with Crippen LogP contribution in [0.15, 0.2) is 48.5 Å². The van der Waals surface area contributed by atoms with Gasteiger partial charge in [0.2, 0.25) is 5.60 Å². The molecule has 164 valence electrons. The van der Waals surface area contributed by atoms with Gasteiger partial charge < -0.3 is 9.47 Å². The maximum atomic E-state index is 13.2. The molecule has 0 bridgehead atoms. The average Bonchev–Trinajstić information content (AvgIpc) is 2.60. The van der Waals surface area contributed by atoms with Crippen LogP contribution < -0.4 is 0 Å². The summed E-state index contributed by atoms with van der Waals surface area (Å²) < 4.78 is 90.2. The molecule has 0 aliphatic rings. The van der Waals surface area contributed by atoms with Gasteiger partial charge in [-0.15, -0.1) is 0 Å². The third kappa shape index (κ3) is 4.95. The number of esters is 1. The van der Waals surface area contributed by atoms with Crippen LogP contribution in [0.5, 0.6) is 0 Å². The Morgan fingerprint density at radius 1 is 0.733 bits per heavy atom. The predicted molar refractivity (Wildman–Crippen MR) is 96.5 cm³/mol. The standard InChI is InChI=1S/C21H20F6O3/c1-18(2,3)30-17(28)19(29-4,13-7-5-9-15(11-13)20(22,23)24)14-8-6-10-16(12-14)21(25,26)27/h5-12H,1-4H3. The van der Waals surface area contributed by atoms with E-state index in [2.05, 4.69) is 0 Å². The number of carbonyl (C=O) groups excluding carboxylic acids is 1. The second kappa shape index (κ2) is 7.94. The Morgan fingerprint density at radius 2 is 1.10 bits per heavy atom. The first-order valence-corrected chi connectivity index (χ1v) is 8.75. The minimum atomic E-state index is -4.74. The van der Waals surface area contributed by atoms with Crippen LogP contribution in [0.4, 0.5) is 26.3 Å². The molecule has 0 saturated heterocycles. The van der Waals surface area contributed by atoms with Crippen molar-refractivity contribution in [3.05, 3.63) is 70.8 Å². The van der Waals surface area contributed by atoms with E-state index in [9.17, 15) is 31.1 Å². The molecule has 2 aromatic carbocycles. The summed E-state index contributed by atoms with van der Waals surface area (Å²) in [6.07, 6.45) is -9.48. The Hall–Kier alpha value is -2.55. The molecule has 3 nitrogen and oxygen atoms in total. The minimum Gasteiger partial charge on any atom is -0.457 e. The summed E-state index contributed by atoms with van der Waals surface area (Å²) in [4.78, 5) is 13.1. The van der Waals surface area contributed by atoms with Crippen LogP contribution >= 0.6 is 0 Å². The molecule has 0 fully saturated rings. The monoisotopic (exact) mass is 434 g/mol. The Kier molecular flexibility index (Phi) is 6.28. The summed E-state index contributed by atoms with van der Waals surface area (Å²) in [7, 11) is 1.02. The van der Waals surface area contributed by atoms with Gasteiger partial charge in [0.05, 0.1) is 11.1 Å². The Balaban J connectivity index is 2.81. The van der Waals surface area contributed by atoms with E-state index in [1.165, 1.54) is 32.9 Å². The molecule has 0 heterocycles. The number of methoxy groups -OCH3 is 1. The first-order chi connectivity index (χ1) is 13.6. The fraction of sp³-hybridized carbons (Fsp3) is 0.381. The molecule has 0 amide bonds. The molecule has 9 heteroatoms. The van der Waals surface area contributed by atoms with Gasteiger partial charge in [-0.05, 0) is 45.0 Å². The van der Waals surface area contributed by atoms with Crippen LogP contribution in [0.2, 0.25) is 0 Å². The Bertz CT molecular complexity index is 852. The summed E-state index contributed by atoms with van der Waals surface area (Å²) in [6, 6.07) is 7.32. The number of alkyl halides is 6. The average molecular weight is 434 g/mol. The van der Waals surface area contributed by atoms with E-state index in [0.29, 0.717) is 12.1 Å². The zero-order chi connectivity index (χ0) is 23.0. The number of ether oxygens (including phenoxy) is 2. The van der Waals surface area contributed by atoms with Gasteiger partial charge >= 0.3 is 18.3 Å². The van der Waals surface area contributed by atoms with Crippen molar-refractivity contribution in [1.29, 1.82) is 0 Å². The second-order valence-electron chi connectivity index (χ2n) is 7.54. The Labute approximate surface area is 169 Å². The highest BCUT2D eigenvalue weighted by atomic mass is 19.4. The molecule has 0 radical (unpaired) electrons. The third-order valence-electron chi connectivity index (χ3n) is 4.19. The molecule has 30 heavy (non-hydrogen) atoms. The number of hydrogen-bond donors (Lipinski definition) is 0. The summed E-state index contributed by atoms with van der Waals surface area (Å²) >= 11 is 0. The molecule has 2 rings (SSSR count). The van der Waals surface area contributed by atoms with Crippen molar-refractivity contribution in [1.82, 2.24) is 0 Å². The van der Waals surface area contributed by atoms with E-state index in [1.54, 1.807) is 0 Å². The van der Waals surface area contributed by atoms with Gasteiger partial charge in [-0.25, -0.2) is 4.79 Å². The molecule has 2 aromatic rings. The zero-order valence-electron chi connectivity index (χ0n) is 16.6. The van der Waals surface area contributed by atoms with Gasteiger partial charge in [-0.3, -0.25) is 0 Å². The van der Waals surface area contributed by atoms with Crippen LogP contribution in [0, 0.1) is 0 Å². The highest BCUT2D eigenvalue weighted by Crippen LogP contribution is 2.41. The normalized spacial score (nSPS) is 13.3. The fourth-order valence-electron chi connectivity index (χ4n) is 2.90. The lowest BCUT2D eigenvalue weighted by atomic mass is 9.84. The second-order valence-corrected chi connectivity index (χ2v) is 7.54.